The molecule has 2 aromatic rings. The minimum Gasteiger partial charge on any atom is -0.333 e. The summed E-state index contributed by atoms with van der Waals surface area (Å²) in [5.41, 5.74) is 3.19. The molecule has 6 nitrogen and oxygen atoms in total. The molecule has 1 aliphatic heterocycles. The van der Waals surface area contributed by atoms with E-state index < -0.39 is 0 Å². The van der Waals surface area contributed by atoms with Gasteiger partial charge in [-0.05, 0) is 26.8 Å². The molecule has 0 aromatic carbocycles. The van der Waals surface area contributed by atoms with Gasteiger partial charge in [-0.3, -0.25) is 9.48 Å². The normalized spacial score (nSPS) is 19.2. The van der Waals surface area contributed by atoms with Crippen molar-refractivity contribution in [2.45, 2.75) is 26.8 Å². The van der Waals surface area contributed by atoms with E-state index in [0.717, 1.165) is 42.1 Å². The topological polar surface area (TPSA) is 63.1 Å². The van der Waals surface area contributed by atoms with E-state index in [2.05, 4.69) is 22.3 Å². The maximum absolute atomic E-state index is 12.8. The molecular weight excluding hydrogens is 266 g/mol. The highest BCUT2D eigenvalue weighted by molar-refractivity contribution is 5.98. The van der Waals surface area contributed by atoms with Gasteiger partial charge in [0.1, 0.15) is 0 Å². The van der Waals surface area contributed by atoms with E-state index in [9.17, 15) is 4.79 Å². The Morgan fingerprint density at radius 1 is 1.38 bits per heavy atom. The molecule has 2 aromatic heterocycles. The molecule has 0 unspecified atom stereocenters. The van der Waals surface area contributed by atoms with Gasteiger partial charge in [-0.25, -0.2) is 4.98 Å². The third kappa shape index (κ3) is 2.29. The number of carbonyl (C=O) groups excluding carboxylic acids is 1. The van der Waals surface area contributed by atoms with Gasteiger partial charge < -0.3 is 10.2 Å². The summed E-state index contributed by atoms with van der Waals surface area (Å²) in [7, 11) is 1.88. The molecule has 1 fully saturated rings. The predicted octanol–water partition coefficient (Wildman–Crippen LogP) is 1.02. The predicted molar refractivity (Wildman–Crippen MR) is 81.4 cm³/mol. The molecule has 6 heteroatoms. The average molecular weight is 287 g/mol. The fourth-order valence-electron chi connectivity index (χ4n) is 2.95. The van der Waals surface area contributed by atoms with Crippen molar-refractivity contribution in [3.8, 4) is 0 Å². The fraction of sp³-hybridized carbons (Fsp3) is 0.533. The molecule has 3 heterocycles. The number of piperazine rings is 1. The van der Waals surface area contributed by atoms with E-state index in [-0.39, 0.29) is 11.9 Å². The van der Waals surface area contributed by atoms with Crippen molar-refractivity contribution in [3.63, 3.8) is 0 Å². The van der Waals surface area contributed by atoms with Crippen molar-refractivity contribution in [1.29, 1.82) is 0 Å². The zero-order chi connectivity index (χ0) is 15.1. The van der Waals surface area contributed by atoms with Crippen LogP contribution in [0.3, 0.4) is 0 Å². The van der Waals surface area contributed by atoms with Gasteiger partial charge in [0.05, 0.1) is 17.0 Å². The smallest absolute Gasteiger partial charge is 0.256 e. The summed E-state index contributed by atoms with van der Waals surface area (Å²) in [5, 5.41) is 8.64. The first-order valence-corrected chi connectivity index (χ1v) is 7.31. The zero-order valence-corrected chi connectivity index (χ0v) is 13.0. The lowest BCUT2D eigenvalue weighted by Crippen LogP contribution is -2.52. The number of aromatic nitrogens is 3. The standard InChI is InChI=1S/C15H21N5O/c1-9-8-16-5-6-20(9)15(21)13-7-12-11(3)18-19(4)14(12)17-10(13)2/h7,9,16H,5-6,8H2,1-4H3/t9-/m0/s1. The highest BCUT2D eigenvalue weighted by atomic mass is 16.2. The van der Waals surface area contributed by atoms with Crippen molar-refractivity contribution in [1.82, 2.24) is 25.0 Å². The van der Waals surface area contributed by atoms with Gasteiger partial charge in [0.25, 0.3) is 5.91 Å². The number of hydrogen-bond acceptors (Lipinski definition) is 4. The van der Waals surface area contributed by atoms with Gasteiger partial charge in [-0.15, -0.1) is 0 Å². The minimum absolute atomic E-state index is 0.0687. The Kier molecular flexibility index (Phi) is 3.41. The van der Waals surface area contributed by atoms with Gasteiger partial charge in [0, 0.05) is 38.1 Å². The van der Waals surface area contributed by atoms with Crippen LogP contribution in [0.1, 0.15) is 28.7 Å². The quantitative estimate of drug-likeness (QED) is 0.850. The van der Waals surface area contributed by atoms with Crippen molar-refractivity contribution >= 4 is 16.9 Å². The maximum atomic E-state index is 12.8. The molecule has 3 rings (SSSR count). The number of carbonyl (C=O) groups is 1. The van der Waals surface area contributed by atoms with Crippen molar-refractivity contribution in [2.24, 2.45) is 7.05 Å². The number of pyridine rings is 1. The first-order chi connectivity index (χ1) is 9.99. The number of nitrogens with zero attached hydrogens (tertiary/aromatic N) is 4. The van der Waals surface area contributed by atoms with Gasteiger partial charge >= 0.3 is 0 Å². The fourth-order valence-corrected chi connectivity index (χ4v) is 2.95. The maximum Gasteiger partial charge on any atom is 0.256 e. The summed E-state index contributed by atoms with van der Waals surface area (Å²) in [6.45, 7) is 8.33. The second kappa shape index (κ2) is 5.11. The van der Waals surface area contributed by atoms with E-state index in [4.69, 9.17) is 0 Å². The molecule has 21 heavy (non-hydrogen) atoms. The Morgan fingerprint density at radius 2 is 2.14 bits per heavy atom. The number of hydrogen-bond donors (Lipinski definition) is 1. The summed E-state index contributed by atoms with van der Waals surface area (Å²) in [6.07, 6.45) is 0. The van der Waals surface area contributed by atoms with Crippen LogP contribution in [0, 0.1) is 13.8 Å². The van der Waals surface area contributed by atoms with Crippen LogP contribution in [0.25, 0.3) is 11.0 Å². The lowest BCUT2D eigenvalue weighted by Gasteiger charge is -2.34. The molecule has 0 bridgehead atoms. The summed E-state index contributed by atoms with van der Waals surface area (Å²) in [5.74, 6) is 0.0687. The molecule has 1 atom stereocenters. The van der Waals surface area contributed by atoms with Gasteiger partial charge in [0.15, 0.2) is 5.65 Å². The van der Waals surface area contributed by atoms with Crippen molar-refractivity contribution < 1.29 is 4.79 Å². The van der Waals surface area contributed by atoms with Crippen molar-refractivity contribution in [2.75, 3.05) is 19.6 Å². The highest BCUT2D eigenvalue weighted by Crippen LogP contribution is 2.21. The Labute approximate surface area is 124 Å². The van der Waals surface area contributed by atoms with Crippen molar-refractivity contribution in [3.05, 3.63) is 23.0 Å². The summed E-state index contributed by atoms with van der Waals surface area (Å²) in [4.78, 5) is 19.3. The van der Waals surface area contributed by atoms with Gasteiger partial charge in [-0.2, -0.15) is 5.10 Å². The molecule has 0 spiro atoms. The van der Waals surface area contributed by atoms with Crippen LogP contribution >= 0.6 is 0 Å². The average Bonchev–Trinajstić information content (AvgIpc) is 2.72. The molecule has 0 saturated carbocycles. The van der Waals surface area contributed by atoms with Crippen LogP contribution in [-0.4, -0.2) is 51.2 Å². The Hall–Kier alpha value is -1.95. The minimum atomic E-state index is 0.0687. The van der Waals surface area contributed by atoms with E-state index in [1.165, 1.54) is 0 Å². The van der Waals surface area contributed by atoms with Gasteiger partial charge in [0.2, 0.25) is 0 Å². The summed E-state index contributed by atoms with van der Waals surface area (Å²) >= 11 is 0. The van der Waals surface area contributed by atoms with Crippen LogP contribution in [0.15, 0.2) is 6.07 Å². The monoisotopic (exact) mass is 287 g/mol. The molecule has 0 aliphatic carbocycles. The molecular formula is C15H21N5O. The third-order valence-electron chi connectivity index (χ3n) is 4.18. The first-order valence-electron chi connectivity index (χ1n) is 7.31. The number of aryl methyl sites for hydroxylation is 3. The summed E-state index contributed by atoms with van der Waals surface area (Å²) < 4.78 is 1.76. The molecule has 1 N–H and O–H groups in total. The molecule has 1 aliphatic rings. The lowest BCUT2D eigenvalue weighted by atomic mass is 10.1. The number of amides is 1. The number of rotatable bonds is 1. The van der Waals surface area contributed by atoms with E-state index in [1.807, 2.05) is 31.9 Å². The van der Waals surface area contributed by atoms with Crippen LogP contribution < -0.4 is 5.32 Å². The van der Waals surface area contributed by atoms with E-state index in [0.29, 0.717) is 5.56 Å². The highest BCUT2D eigenvalue weighted by Gasteiger charge is 2.26. The Morgan fingerprint density at radius 3 is 2.86 bits per heavy atom. The Balaban J connectivity index is 2.05. The SMILES string of the molecule is Cc1nc2c(cc1C(=O)N1CCNC[C@@H]1C)c(C)nn2C. The second-order valence-corrected chi connectivity index (χ2v) is 5.75. The van der Waals surface area contributed by atoms with Gasteiger partial charge in [-0.1, -0.05) is 0 Å². The molecule has 1 saturated heterocycles. The molecule has 1 amide bonds. The summed E-state index contributed by atoms with van der Waals surface area (Å²) in [6, 6.07) is 2.15. The van der Waals surface area contributed by atoms with E-state index >= 15 is 0 Å². The Bertz CT molecular complexity index is 706. The first kappa shape index (κ1) is 14.0. The lowest BCUT2D eigenvalue weighted by molar-refractivity contribution is 0.0654. The number of fused-ring (bicyclic) bond motifs is 1. The largest absolute Gasteiger partial charge is 0.333 e. The van der Waals surface area contributed by atoms with Crippen LogP contribution in [-0.2, 0) is 7.05 Å². The van der Waals surface area contributed by atoms with Crippen LogP contribution in [0.2, 0.25) is 0 Å². The molecule has 112 valence electrons. The second-order valence-electron chi connectivity index (χ2n) is 5.75. The molecule has 0 radical (unpaired) electrons. The zero-order valence-electron chi connectivity index (χ0n) is 13.0. The number of nitrogens with one attached hydrogen (secondary N) is 1. The van der Waals surface area contributed by atoms with Crippen LogP contribution in [0.5, 0.6) is 0 Å². The third-order valence-corrected chi connectivity index (χ3v) is 4.18. The van der Waals surface area contributed by atoms with Crippen LogP contribution in [0.4, 0.5) is 0 Å². The van der Waals surface area contributed by atoms with E-state index in [1.54, 1.807) is 4.68 Å².